The number of ether oxygens (including phenoxy) is 1. The second-order valence-corrected chi connectivity index (χ2v) is 13.1. The van der Waals surface area contributed by atoms with Gasteiger partial charge in [0, 0.05) is 12.1 Å². The van der Waals surface area contributed by atoms with E-state index < -0.39 is 10.0 Å². The maximum Gasteiger partial charge on any atom is 0.240 e. The van der Waals surface area contributed by atoms with Gasteiger partial charge in [0.05, 0.1) is 26.7 Å². The number of thiazole rings is 1. The zero-order valence-corrected chi connectivity index (χ0v) is 23.1. The maximum absolute atomic E-state index is 12.7. The third-order valence-corrected chi connectivity index (χ3v) is 9.30. The van der Waals surface area contributed by atoms with Gasteiger partial charge in [0.1, 0.15) is 5.75 Å². The summed E-state index contributed by atoms with van der Waals surface area (Å²) < 4.78 is 35.2. The van der Waals surface area contributed by atoms with Crippen LogP contribution in [0.2, 0.25) is 0 Å². The van der Waals surface area contributed by atoms with Crippen LogP contribution >= 0.6 is 11.3 Å². The number of aryl methyl sites for hydroxylation is 1. The summed E-state index contributed by atoms with van der Waals surface area (Å²) in [5.74, 6) is 0.886. The number of sulfonamides is 1. The average molecular weight is 503 g/mol. The van der Waals surface area contributed by atoms with Crippen LogP contribution < -0.4 is 9.46 Å². The maximum atomic E-state index is 12.7. The van der Waals surface area contributed by atoms with Gasteiger partial charge in [0.2, 0.25) is 10.0 Å². The highest BCUT2D eigenvalue weighted by Crippen LogP contribution is 2.38. The number of benzene rings is 2. The van der Waals surface area contributed by atoms with Crippen molar-refractivity contribution in [2.45, 2.75) is 83.5 Å². The molecule has 0 fully saturated rings. The minimum absolute atomic E-state index is 0.00952. The largest absolute Gasteiger partial charge is 0.493 e. The molecular formula is C27H38N2O3S2. The predicted molar refractivity (Wildman–Crippen MR) is 143 cm³/mol. The van der Waals surface area contributed by atoms with Gasteiger partial charge in [-0.25, -0.2) is 18.1 Å². The molecule has 7 heteroatoms. The van der Waals surface area contributed by atoms with Crippen LogP contribution in [0.3, 0.4) is 0 Å². The number of fused-ring (bicyclic) bond motifs is 1. The lowest BCUT2D eigenvalue weighted by Gasteiger charge is -2.30. The van der Waals surface area contributed by atoms with E-state index in [-0.39, 0.29) is 15.7 Å². The van der Waals surface area contributed by atoms with Crippen molar-refractivity contribution in [3.63, 3.8) is 0 Å². The summed E-state index contributed by atoms with van der Waals surface area (Å²) in [6.45, 7) is 16.1. The molecule has 0 atom stereocenters. The fourth-order valence-electron chi connectivity index (χ4n) is 3.73. The number of hydrogen-bond donors (Lipinski definition) is 1. The van der Waals surface area contributed by atoms with Gasteiger partial charge in [-0.1, -0.05) is 53.7 Å². The standard InChI is InChI=1S/C27H38N2O3S2/c1-8-26(4,5)20-11-14-24(22(17-20)27(6,7)9-2)32-16-10-15-28-34(30,31)21-12-13-23-25(18-21)33-19(3)29-23/h11-14,17-18,28H,8-10,15-16H2,1-7H3. The summed E-state index contributed by atoms with van der Waals surface area (Å²) in [6, 6.07) is 11.6. The SMILES string of the molecule is CCC(C)(C)c1ccc(OCCCNS(=O)(=O)c2ccc3nc(C)sc3c2)c(C(C)(C)CC)c1. The number of hydrogen-bond acceptors (Lipinski definition) is 5. The third kappa shape index (κ3) is 5.99. The van der Waals surface area contributed by atoms with Crippen LogP contribution in [0, 0.1) is 6.92 Å². The zero-order chi connectivity index (χ0) is 25.1. The van der Waals surface area contributed by atoms with Crippen LogP contribution in [0.1, 0.15) is 76.9 Å². The monoisotopic (exact) mass is 502 g/mol. The Balaban J connectivity index is 1.64. The molecule has 0 spiro atoms. The van der Waals surface area contributed by atoms with E-state index in [1.807, 2.05) is 6.92 Å². The van der Waals surface area contributed by atoms with Crippen molar-refractivity contribution in [1.82, 2.24) is 9.71 Å². The van der Waals surface area contributed by atoms with Gasteiger partial charge < -0.3 is 4.74 Å². The van der Waals surface area contributed by atoms with Crippen molar-refractivity contribution < 1.29 is 13.2 Å². The molecule has 0 aliphatic carbocycles. The van der Waals surface area contributed by atoms with E-state index in [1.165, 1.54) is 22.5 Å². The number of aromatic nitrogens is 1. The van der Waals surface area contributed by atoms with Crippen LogP contribution in [-0.2, 0) is 20.9 Å². The van der Waals surface area contributed by atoms with Crippen LogP contribution in [0.25, 0.3) is 10.2 Å². The first kappa shape index (κ1) is 26.6. The van der Waals surface area contributed by atoms with E-state index in [4.69, 9.17) is 4.74 Å². The first-order valence-corrected chi connectivity index (χ1v) is 14.3. The van der Waals surface area contributed by atoms with Gasteiger partial charge in [-0.15, -0.1) is 11.3 Å². The van der Waals surface area contributed by atoms with Crippen molar-refractivity contribution in [3.05, 3.63) is 52.5 Å². The van der Waals surface area contributed by atoms with Crippen molar-refractivity contribution in [2.24, 2.45) is 0 Å². The third-order valence-electron chi connectivity index (χ3n) is 6.91. The Morgan fingerprint density at radius 1 is 1.00 bits per heavy atom. The first-order chi connectivity index (χ1) is 15.9. The predicted octanol–water partition coefficient (Wildman–Crippen LogP) is 6.73. The highest BCUT2D eigenvalue weighted by Gasteiger charge is 2.26. The number of nitrogens with zero attached hydrogens (tertiary/aromatic N) is 1. The van der Waals surface area contributed by atoms with Crippen molar-refractivity contribution in [3.8, 4) is 5.75 Å². The van der Waals surface area contributed by atoms with Crippen LogP contribution in [0.4, 0.5) is 0 Å². The van der Waals surface area contributed by atoms with Gasteiger partial charge in [-0.2, -0.15) is 0 Å². The molecule has 0 aliphatic rings. The van der Waals surface area contributed by atoms with E-state index >= 15 is 0 Å². The van der Waals surface area contributed by atoms with E-state index in [1.54, 1.807) is 18.2 Å². The highest BCUT2D eigenvalue weighted by molar-refractivity contribution is 7.89. The minimum atomic E-state index is -3.57. The summed E-state index contributed by atoms with van der Waals surface area (Å²) in [5, 5.41) is 0.923. The van der Waals surface area contributed by atoms with Gasteiger partial charge >= 0.3 is 0 Å². The molecule has 1 aromatic heterocycles. The Morgan fingerprint density at radius 3 is 2.38 bits per heavy atom. The first-order valence-electron chi connectivity index (χ1n) is 12.0. The van der Waals surface area contributed by atoms with Crippen molar-refractivity contribution in [1.29, 1.82) is 0 Å². The normalized spacial score (nSPS) is 12.9. The molecule has 186 valence electrons. The molecule has 5 nitrogen and oxygen atoms in total. The zero-order valence-electron chi connectivity index (χ0n) is 21.5. The Kier molecular flexibility index (Phi) is 8.10. The molecule has 2 aromatic carbocycles. The fraction of sp³-hybridized carbons (Fsp3) is 0.519. The number of nitrogens with one attached hydrogen (secondary N) is 1. The van der Waals surface area contributed by atoms with Crippen molar-refractivity contribution >= 4 is 31.6 Å². The van der Waals surface area contributed by atoms with Crippen LogP contribution in [0.15, 0.2) is 41.3 Å². The molecule has 0 amide bonds. The lowest BCUT2D eigenvalue weighted by molar-refractivity contribution is 0.300. The van der Waals surface area contributed by atoms with Crippen LogP contribution in [-0.4, -0.2) is 26.6 Å². The molecule has 1 heterocycles. The van der Waals surface area contributed by atoms with E-state index in [0.717, 1.165) is 33.8 Å². The molecule has 0 saturated carbocycles. The van der Waals surface area contributed by atoms with Crippen LogP contribution in [0.5, 0.6) is 5.75 Å². The average Bonchev–Trinajstić information content (AvgIpc) is 3.18. The lowest BCUT2D eigenvalue weighted by Crippen LogP contribution is -2.26. The molecule has 34 heavy (non-hydrogen) atoms. The molecule has 0 aliphatic heterocycles. The van der Waals surface area contributed by atoms with Gasteiger partial charge in [0.25, 0.3) is 0 Å². The summed E-state index contributed by atoms with van der Waals surface area (Å²) in [7, 11) is -3.57. The Bertz CT molecular complexity index is 1240. The Morgan fingerprint density at radius 2 is 1.71 bits per heavy atom. The second-order valence-electron chi connectivity index (χ2n) is 10.1. The van der Waals surface area contributed by atoms with Gasteiger partial charge in [-0.05, 0) is 66.8 Å². The molecule has 0 unspecified atom stereocenters. The fourth-order valence-corrected chi connectivity index (χ4v) is 5.77. The van der Waals surface area contributed by atoms with Gasteiger partial charge in [0.15, 0.2) is 0 Å². The molecule has 3 aromatic rings. The van der Waals surface area contributed by atoms with E-state index in [2.05, 4.69) is 69.4 Å². The summed E-state index contributed by atoms with van der Waals surface area (Å²) in [5.41, 5.74) is 3.46. The Hall–Kier alpha value is -1.96. The number of rotatable bonds is 11. The Labute approximate surface area is 209 Å². The molecule has 3 rings (SSSR count). The molecule has 0 radical (unpaired) electrons. The smallest absolute Gasteiger partial charge is 0.240 e. The second kappa shape index (κ2) is 10.3. The molecule has 1 N–H and O–H groups in total. The summed E-state index contributed by atoms with van der Waals surface area (Å²) in [4.78, 5) is 4.66. The summed E-state index contributed by atoms with van der Waals surface area (Å²) in [6.07, 6.45) is 2.65. The van der Waals surface area contributed by atoms with E-state index in [0.29, 0.717) is 19.6 Å². The summed E-state index contributed by atoms with van der Waals surface area (Å²) >= 11 is 1.50. The lowest BCUT2D eigenvalue weighted by atomic mass is 9.76. The van der Waals surface area contributed by atoms with Gasteiger partial charge in [-0.3, -0.25) is 0 Å². The quantitative estimate of drug-likeness (QED) is 0.295. The van der Waals surface area contributed by atoms with Crippen molar-refractivity contribution in [2.75, 3.05) is 13.2 Å². The minimum Gasteiger partial charge on any atom is -0.493 e. The highest BCUT2D eigenvalue weighted by atomic mass is 32.2. The topological polar surface area (TPSA) is 68.3 Å². The van der Waals surface area contributed by atoms with E-state index in [9.17, 15) is 8.42 Å². The molecule has 0 bridgehead atoms. The molecule has 0 saturated heterocycles. The molecular weight excluding hydrogens is 464 g/mol.